The molecule has 0 radical (unpaired) electrons. The lowest BCUT2D eigenvalue weighted by Gasteiger charge is -2.09. The molecule has 17 heavy (non-hydrogen) atoms. The Bertz CT molecular complexity index is 590. The number of aryl methyl sites for hydroxylation is 1. The second kappa shape index (κ2) is 4.98. The van der Waals surface area contributed by atoms with Gasteiger partial charge in [-0.3, -0.25) is 4.98 Å². The highest BCUT2D eigenvalue weighted by Gasteiger charge is 2.06. The Morgan fingerprint density at radius 1 is 1.29 bits per heavy atom. The maximum atomic E-state index is 8.94. The first-order chi connectivity index (χ1) is 8.20. The van der Waals surface area contributed by atoms with Crippen LogP contribution in [0.25, 0.3) is 0 Å². The van der Waals surface area contributed by atoms with E-state index in [4.69, 9.17) is 10.00 Å². The Morgan fingerprint density at radius 2 is 2.12 bits per heavy atom. The lowest BCUT2D eigenvalue weighted by molar-refractivity contribution is 0.475. The van der Waals surface area contributed by atoms with E-state index in [1.165, 1.54) is 0 Å². The minimum atomic E-state index is 0.473. The van der Waals surface area contributed by atoms with Gasteiger partial charge >= 0.3 is 0 Å². The van der Waals surface area contributed by atoms with Crippen LogP contribution in [0.5, 0.6) is 11.5 Å². The van der Waals surface area contributed by atoms with E-state index >= 15 is 0 Å². The molecule has 0 atom stereocenters. The number of benzene rings is 1. The smallest absolute Gasteiger partial charge is 0.163 e. The van der Waals surface area contributed by atoms with E-state index in [2.05, 4.69) is 27.0 Å². The van der Waals surface area contributed by atoms with Crippen LogP contribution in [0.2, 0.25) is 0 Å². The molecule has 0 fully saturated rings. The first-order valence-electron chi connectivity index (χ1n) is 4.99. The summed E-state index contributed by atoms with van der Waals surface area (Å²) in [5.74, 6) is 1.19. The van der Waals surface area contributed by atoms with E-state index in [0.29, 0.717) is 11.3 Å². The second-order valence-electron chi connectivity index (χ2n) is 3.50. The van der Waals surface area contributed by atoms with Crippen LogP contribution in [0, 0.1) is 18.3 Å². The van der Waals surface area contributed by atoms with Gasteiger partial charge in [0.05, 0.1) is 11.8 Å². The summed E-state index contributed by atoms with van der Waals surface area (Å²) in [7, 11) is 0. The van der Waals surface area contributed by atoms with Gasteiger partial charge in [-0.05, 0) is 36.8 Å². The number of ether oxygens (including phenoxy) is 1. The molecular formula is C13H9BrN2O. The van der Waals surface area contributed by atoms with Crippen LogP contribution in [0.4, 0.5) is 0 Å². The van der Waals surface area contributed by atoms with Gasteiger partial charge in [-0.2, -0.15) is 5.26 Å². The van der Waals surface area contributed by atoms with Gasteiger partial charge in [0.1, 0.15) is 11.8 Å². The molecular weight excluding hydrogens is 280 g/mol. The highest BCUT2D eigenvalue weighted by Crippen LogP contribution is 2.28. The third kappa shape index (κ3) is 2.63. The van der Waals surface area contributed by atoms with Crippen LogP contribution in [-0.2, 0) is 0 Å². The summed E-state index contributed by atoms with van der Waals surface area (Å²) in [4.78, 5) is 3.95. The van der Waals surface area contributed by atoms with Gasteiger partial charge in [0.25, 0.3) is 0 Å². The monoisotopic (exact) mass is 288 g/mol. The molecule has 1 aromatic carbocycles. The zero-order valence-electron chi connectivity index (χ0n) is 9.14. The second-order valence-corrected chi connectivity index (χ2v) is 4.41. The van der Waals surface area contributed by atoms with E-state index in [9.17, 15) is 0 Å². The van der Waals surface area contributed by atoms with E-state index in [1.54, 1.807) is 18.5 Å². The number of rotatable bonds is 2. The van der Waals surface area contributed by atoms with Gasteiger partial charge in [-0.1, -0.05) is 15.9 Å². The van der Waals surface area contributed by atoms with Gasteiger partial charge in [0.15, 0.2) is 5.75 Å². The molecule has 0 aliphatic rings. The van der Waals surface area contributed by atoms with Crippen molar-refractivity contribution in [1.29, 1.82) is 5.26 Å². The Kier molecular flexibility index (Phi) is 3.40. The topological polar surface area (TPSA) is 45.9 Å². The molecule has 2 rings (SSSR count). The Labute approximate surface area is 108 Å². The number of nitrogens with zero attached hydrogens (tertiary/aromatic N) is 2. The first kappa shape index (κ1) is 11.6. The average molecular weight is 289 g/mol. The fraction of sp³-hybridized carbons (Fsp3) is 0.0769. The summed E-state index contributed by atoms with van der Waals surface area (Å²) < 4.78 is 6.67. The molecule has 0 amide bonds. The zero-order valence-corrected chi connectivity index (χ0v) is 10.7. The van der Waals surface area contributed by atoms with Crippen molar-refractivity contribution in [3.05, 3.63) is 52.3 Å². The molecule has 1 heterocycles. The van der Waals surface area contributed by atoms with E-state index < -0.39 is 0 Å². The normalized spacial score (nSPS) is 9.71. The Morgan fingerprint density at radius 3 is 2.82 bits per heavy atom. The molecule has 4 heteroatoms. The molecule has 0 unspecified atom stereocenters. The van der Waals surface area contributed by atoms with Crippen LogP contribution in [0.1, 0.15) is 11.1 Å². The Hall–Kier alpha value is -1.86. The zero-order chi connectivity index (χ0) is 12.3. The van der Waals surface area contributed by atoms with Crippen LogP contribution in [0.15, 0.2) is 41.1 Å². The molecule has 3 nitrogen and oxygen atoms in total. The van der Waals surface area contributed by atoms with Gasteiger partial charge in [0.2, 0.25) is 0 Å². The van der Waals surface area contributed by atoms with E-state index in [1.807, 2.05) is 25.1 Å². The highest BCUT2D eigenvalue weighted by atomic mass is 79.9. The summed E-state index contributed by atoms with van der Waals surface area (Å²) in [5, 5.41) is 8.94. The third-order valence-electron chi connectivity index (χ3n) is 2.26. The lowest BCUT2D eigenvalue weighted by atomic mass is 10.2. The van der Waals surface area contributed by atoms with Crippen molar-refractivity contribution in [2.24, 2.45) is 0 Å². The number of hydrogen-bond donors (Lipinski definition) is 0. The molecule has 0 bridgehead atoms. The van der Waals surface area contributed by atoms with Crippen molar-refractivity contribution in [2.75, 3.05) is 0 Å². The number of pyridine rings is 1. The third-order valence-corrected chi connectivity index (χ3v) is 2.76. The van der Waals surface area contributed by atoms with Crippen molar-refractivity contribution < 1.29 is 4.74 Å². The van der Waals surface area contributed by atoms with Crippen LogP contribution < -0.4 is 4.74 Å². The molecule has 0 aliphatic carbocycles. The average Bonchev–Trinajstić information content (AvgIpc) is 2.33. The Balaban J connectivity index is 2.35. The minimum Gasteiger partial charge on any atom is -0.454 e. The number of hydrogen-bond acceptors (Lipinski definition) is 3. The van der Waals surface area contributed by atoms with Gasteiger partial charge in [0, 0.05) is 10.7 Å². The van der Waals surface area contributed by atoms with Crippen molar-refractivity contribution in [2.45, 2.75) is 6.92 Å². The summed E-state index contributed by atoms with van der Waals surface area (Å²) in [5.41, 5.74) is 1.47. The molecule has 84 valence electrons. The molecule has 2 aromatic rings. The SMILES string of the molecule is Cc1cc(Br)ccc1Oc1cnccc1C#N. The largest absolute Gasteiger partial charge is 0.454 e. The maximum Gasteiger partial charge on any atom is 0.163 e. The van der Waals surface area contributed by atoms with Crippen molar-refractivity contribution in [1.82, 2.24) is 4.98 Å². The predicted octanol–water partition coefficient (Wildman–Crippen LogP) is 3.82. The minimum absolute atomic E-state index is 0.473. The number of halogens is 1. The van der Waals surface area contributed by atoms with Gasteiger partial charge < -0.3 is 4.74 Å². The van der Waals surface area contributed by atoms with Crippen molar-refractivity contribution >= 4 is 15.9 Å². The van der Waals surface area contributed by atoms with Gasteiger partial charge in [-0.15, -0.1) is 0 Å². The summed E-state index contributed by atoms with van der Waals surface area (Å²) in [6, 6.07) is 9.41. The number of aromatic nitrogens is 1. The quantitative estimate of drug-likeness (QED) is 0.844. The maximum absolute atomic E-state index is 8.94. The fourth-order valence-electron chi connectivity index (χ4n) is 1.40. The molecule has 0 N–H and O–H groups in total. The predicted molar refractivity (Wildman–Crippen MR) is 67.9 cm³/mol. The standard InChI is InChI=1S/C13H9BrN2O/c1-9-6-11(14)2-3-12(9)17-13-8-16-5-4-10(13)7-15/h2-6,8H,1H3. The fourth-order valence-corrected chi connectivity index (χ4v) is 1.88. The molecule has 0 aliphatic heterocycles. The molecule has 1 aromatic heterocycles. The van der Waals surface area contributed by atoms with Gasteiger partial charge in [-0.25, -0.2) is 0 Å². The molecule has 0 spiro atoms. The summed E-state index contributed by atoms with van der Waals surface area (Å²) in [6.45, 7) is 1.95. The molecule has 0 saturated heterocycles. The van der Waals surface area contributed by atoms with Crippen molar-refractivity contribution in [3.63, 3.8) is 0 Å². The summed E-state index contributed by atoms with van der Waals surface area (Å²) >= 11 is 3.39. The van der Waals surface area contributed by atoms with Crippen LogP contribution >= 0.6 is 15.9 Å². The van der Waals surface area contributed by atoms with Crippen molar-refractivity contribution in [3.8, 4) is 17.6 Å². The van der Waals surface area contributed by atoms with E-state index in [0.717, 1.165) is 15.8 Å². The highest BCUT2D eigenvalue weighted by molar-refractivity contribution is 9.10. The first-order valence-corrected chi connectivity index (χ1v) is 5.78. The number of nitriles is 1. The van der Waals surface area contributed by atoms with Crippen LogP contribution in [0.3, 0.4) is 0 Å². The molecule has 0 saturated carbocycles. The van der Waals surface area contributed by atoms with Crippen LogP contribution in [-0.4, -0.2) is 4.98 Å². The van der Waals surface area contributed by atoms with E-state index in [-0.39, 0.29) is 0 Å². The summed E-state index contributed by atoms with van der Waals surface area (Å²) in [6.07, 6.45) is 3.11. The lowest BCUT2D eigenvalue weighted by Crippen LogP contribution is -1.91.